The molecule has 0 N–H and O–H groups in total. The van der Waals surface area contributed by atoms with Crippen LogP contribution in [0.25, 0.3) is 16.9 Å². The number of pyridine rings is 1. The van der Waals surface area contributed by atoms with Crippen molar-refractivity contribution in [3.8, 4) is 5.82 Å². The molecule has 0 spiro atoms. The van der Waals surface area contributed by atoms with Crippen LogP contribution in [0, 0.1) is 6.92 Å². The summed E-state index contributed by atoms with van der Waals surface area (Å²) in [5.41, 5.74) is 3.41. The summed E-state index contributed by atoms with van der Waals surface area (Å²) in [6, 6.07) is 6.49. The summed E-state index contributed by atoms with van der Waals surface area (Å²) < 4.78 is 4.00. The van der Waals surface area contributed by atoms with Crippen LogP contribution in [-0.4, -0.2) is 19.3 Å². The number of nitrogens with zero attached hydrogens (tertiary/aromatic N) is 4. The average molecular weight is 252 g/mol. The zero-order chi connectivity index (χ0) is 13.0. The molecule has 0 unspecified atom stereocenters. The molecule has 3 aromatic heterocycles. The highest BCUT2D eigenvalue weighted by Gasteiger charge is 2.24. The van der Waals surface area contributed by atoms with Gasteiger partial charge in [0.1, 0.15) is 11.5 Å². The van der Waals surface area contributed by atoms with E-state index in [1.54, 1.807) is 0 Å². The van der Waals surface area contributed by atoms with E-state index < -0.39 is 0 Å². The summed E-state index contributed by atoms with van der Waals surface area (Å²) in [5.74, 6) is 1.80. The van der Waals surface area contributed by atoms with Gasteiger partial charge in [0.15, 0.2) is 0 Å². The number of aryl methyl sites for hydroxylation is 2. The SMILES string of the molecule is Cc1cc(-n2ccc3cc(C4CC4)cnc32)n(C)n1. The van der Waals surface area contributed by atoms with Crippen molar-refractivity contribution in [2.75, 3.05) is 0 Å². The molecule has 0 amide bonds. The Morgan fingerprint density at radius 3 is 2.79 bits per heavy atom. The molecule has 0 aromatic carbocycles. The molecule has 4 rings (SSSR count). The third-order valence-corrected chi connectivity index (χ3v) is 3.82. The second-order valence-electron chi connectivity index (χ2n) is 5.41. The molecule has 0 bridgehead atoms. The Labute approximate surface area is 111 Å². The van der Waals surface area contributed by atoms with Gasteiger partial charge in [-0.25, -0.2) is 4.98 Å². The molecule has 19 heavy (non-hydrogen) atoms. The van der Waals surface area contributed by atoms with Crippen LogP contribution >= 0.6 is 0 Å². The zero-order valence-electron chi connectivity index (χ0n) is 11.2. The second kappa shape index (κ2) is 3.70. The Bertz CT molecular complexity index is 762. The fraction of sp³-hybridized carbons (Fsp3) is 0.333. The van der Waals surface area contributed by atoms with E-state index in [4.69, 9.17) is 0 Å². The van der Waals surface area contributed by atoms with Crippen molar-refractivity contribution >= 4 is 11.0 Å². The summed E-state index contributed by atoms with van der Waals surface area (Å²) in [5, 5.41) is 5.61. The molecule has 1 fully saturated rings. The first-order valence-electron chi connectivity index (χ1n) is 6.70. The minimum absolute atomic E-state index is 0.749. The third-order valence-electron chi connectivity index (χ3n) is 3.82. The summed E-state index contributed by atoms with van der Waals surface area (Å²) in [6.45, 7) is 2.01. The minimum Gasteiger partial charge on any atom is -0.286 e. The van der Waals surface area contributed by atoms with Crippen LogP contribution < -0.4 is 0 Å². The van der Waals surface area contributed by atoms with Gasteiger partial charge in [-0.1, -0.05) is 0 Å². The standard InChI is InChI=1S/C15H16N4/c1-10-7-14(18(2)17-10)19-6-5-12-8-13(11-3-4-11)9-16-15(12)19/h5-9,11H,3-4H2,1-2H3. The van der Waals surface area contributed by atoms with E-state index >= 15 is 0 Å². The van der Waals surface area contributed by atoms with Gasteiger partial charge in [-0.3, -0.25) is 9.25 Å². The number of rotatable bonds is 2. The Balaban J connectivity index is 1.88. The van der Waals surface area contributed by atoms with E-state index in [0.717, 1.165) is 23.1 Å². The predicted molar refractivity (Wildman–Crippen MR) is 74.5 cm³/mol. The van der Waals surface area contributed by atoms with E-state index in [-0.39, 0.29) is 0 Å². The first-order chi connectivity index (χ1) is 9.22. The molecule has 4 nitrogen and oxygen atoms in total. The van der Waals surface area contributed by atoms with Crippen molar-refractivity contribution in [3.05, 3.63) is 41.9 Å². The van der Waals surface area contributed by atoms with Gasteiger partial charge in [-0.2, -0.15) is 5.10 Å². The van der Waals surface area contributed by atoms with Gasteiger partial charge in [-0.05, 0) is 43.4 Å². The average Bonchev–Trinajstić information content (AvgIpc) is 3.08. The zero-order valence-corrected chi connectivity index (χ0v) is 11.2. The Morgan fingerprint density at radius 1 is 1.26 bits per heavy atom. The van der Waals surface area contributed by atoms with Gasteiger partial charge in [0.25, 0.3) is 0 Å². The molecular formula is C15H16N4. The van der Waals surface area contributed by atoms with E-state index in [0.29, 0.717) is 0 Å². The highest BCUT2D eigenvalue weighted by atomic mass is 15.3. The molecule has 1 saturated carbocycles. The molecule has 0 atom stereocenters. The van der Waals surface area contributed by atoms with Crippen molar-refractivity contribution in [1.29, 1.82) is 0 Å². The molecule has 1 aliphatic carbocycles. The van der Waals surface area contributed by atoms with Crippen molar-refractivity contribution in [3.63, 3.8) is 0 Å². The van der Waals surface area contributed by atoms with E-state index in [9.17, 15) is 0 Å². The summed E-state index contributed by atoms with van der Waals surface area (Å²) in [4.78, 5) is 4.65. The first-order valence-corrected chi connectivity index (χ1v) is 6.70. The number of hydrogen-bond acceptors (Lipinski definition) is 2. The highest BCUT2D eigenvalue weighted by Crippen LogP contribution is 2.40. The molecule has 4 heteroatoms. The van der Waals surface area contributed by atoms with Gasteiger partial charge >= 0.3 is 0 Å². The maximum atomic E-state index is 4.65. The minimum atomic E-state index is 0.749. The van der Waals surface area contributed by atoms with Gasteiger partial charge in [-0.15, -0.1) is 0 Å². The Kier molecular flexibility index (Phi) is 2.10. The van der Waals surface area contributed by atoms with Crippen LogP contribution in [0.5, 0.6) is 0 Å². The maximum absolute atomic E-state index is 4.65. The van der Waals surface area contributed by atoms with Crippen LogP contribution in [0.1, 0.15) is 30.0 Å². The Hall–Kier alpha value is -2.10. The van der Waals surface area contributed by atoms with Crippen molar-refractivity contribution in [2.24, 2.45) is 7.05 Å². The lowest BCUT2D eigenvalue weighted by atomic mass is 10.1. The van der Waals surface area contributed by atoms with E-state index in [2.05, 4.69) is 39.0 Å². The van der Waals surface area contributed by atoms with Crippen LogP contribution in [0.3, 0.4) is 0 Å². The lowest BCUT2D eigenvalue weighted by molar-refractivity contribution is 0.727. The quantitative estimate of drug-likeness (QED) is 0.703. The lowest BCUT2D eigenvalue weighted by Gasteiger charge is -2.05. The fourth-order valence-corrected chi connectivity index (χ4v) is 2.69. The van der Waals surface area contributed by atoms with Crippen molar-refractivity contribution in [2.45, 2.75) is 25.7 Å². The topological polar surface area (TPSA) is 35.6 Å². The Morgan fingerprint density at radius 2 is 2.11 bits per heavy atom. The summed E-state index contributed by atoms with van der Waals surface area (Å²) in [7, 11) is 1.97. The van der Waals surface area contributed by atoms with Crippen LogP contribution in [0.2, 0.25) is 0 Å². The maximum Gasteiger partial charge on any atom is 0.145 e. The molecule has 3 heterocycles. The van der Waals surface area contributed by atoms with Crippen LogP contribution in [-0.2, 0) is 7.05 Å². The van der Waals surface area contributed by atoms with Gasteiger partial charge < -0.3 is 0 Å². The third kappa shape index (κ3) is 1.67. The number of fused-ring (bicyclic) bond motifs is 1. The van der Waals surface area contributed by atoms with Crippen LogP contribution in [0.15, 0.2) is 30.6 Å². The summed E-state index contributed by atoms with van der Waals surface area (Å²) in [6.07, 6.45) is 6.73. The predicted octanol–water partition coefficient (Wildman–Crippen LogP) is 2.94. The van der Waals surface area contributed by atoms with Gasteiger partial charge in [0, 0.05) is 30.9 Å². The first kappa shape index (κ1) is 10.8. The monoisotopic (exact) mass is 252 g/mol. The second-order valence-corrected chi connectivity index (χ2v) is 5.41. The van der Waals surface area contributed by atoms with Crippen molar-refractivity contribution in [1.82, 2.24) is 19.3 Å². The lowest BCUT2D eigenvalue weighted by Crippen LogP contribution is -2.02. The molecule has 0 aliphatic heterocycles. The number of aromatic nitrogens is 4. The molecule has 1 aliphatic rings. The van der Waals surface area contributed by atoms with E-state index in [1.165, 1.54) is 23.8 Å². The van der Waals surface area contributed by atoms with Gasteiger partial charge in [0.05, 0.1) is 5.69 Å². The normalized spacial score (nSPS) is 15.3. The molecular weight excluding hydrogens is 236 g/mol. The molecule has 0 radical (unpaired) electrons. The number of hydrogen-bond donors (Lipinski definition) is 0. The van der Waals surface area contributed by atoms with Gasteiger partial charge in [0.2, 0.25) is 0 Å². The van der Waals surface area contributed by atoms with Crippen LogP contribution in [0.4, 0.5) is 0 Å². The highest BCUT2D eigenvalue weighted by molar-refractivity contribution is 5.78. The molecule has 96 valence electrons. The molecule has 3 aromatic rings. The smallest absolute Gasteiger partial charge is 0.145 e. The van der Waals surface area contributed by atoms with Crippen molar-refractivity contribution < 1.29 is 0 Å². The largest absolute Gasteiger partial charge is 0.286 e. The fourth-order valence-electron chi connectivity index (χ4n) is 2.69. The van der Waals surface area contributed by atoms with E-state index in [1.807, 2.05) is 24.9 Å². The molecule has 0 saturated heterocycles. The summed E-state index contributed by atoms with van der Waals surface area (Å²) >= 11 is 0.